The molecule has 0 N–H and O–H groups in total. The Balaban J connectivity index is -0.000000183. The molecule has 0 saturated carbocycles. The molecule has 1 aromatic carbocycles. The summed E-state index contributed by atoms with van der Waals surface area (Å²) in [5.41, 5.74) is 1.14. The second-order valence-electron chi connectivity index (χ2n) is 3.38. The monoisotopic (exact) mass is 328 g/mol. The molecule has 6 heteroatoms. The Labute approximate surface area is 136 Å². The van der Waals surface area contributed by atoms with Crippen molar-refractivity contribution in [2.45, 2.75) is 25.9 Å². The molecule has 1 rings (SSSR count). The van der Waals surface area contributed by atoms with Gasteiger partial charge in [0, 0.05) is 30.9 Å². The van der Waals surface area contributed by atoms with Crippen LogP contribution in [-0.2, 0) is 40.8 Å². The number of carbonyl (C=O) groups is 1. The van der Waals surface area contributed by atoms with Crippen molar-refractivity contribution in [2.75, 3.05) is 7.11 Å². The standard InChI is InChI=1S/C12H16O2.3CO.Cr/c1-10(13)8-9-12(14-2)11-6-4-3-5-7-11;3*1-2;/h3-7,12H,8-9H2,1-2H3;;;;/t12-;;;;/m1..../s1. The summed E-state index contributed by atoms with van der Waals surface area (Å²) in [6.45, 7) is 15.1. The zero-order valence-electron chi connectivity index (χ0n) is 11.8. The van der Waals surface area contributed by atoms with Crippen molar-refractivity contribution in [3.05, 3.63) is 55.8 Å². The van der Waals surface area contributed by atoms with Crippen molar-refractivity contribution in [1.29, 1.82) is 0 Å². The van der Waals surface area contributed by atoms with Crippen LogP contribution >= 0.6 is 0 Å². The van der Waals surface area contributed by atoms with E-state index in [1.807, 2.05) is 30.3 Å². The number of hydrogen-bond acceptors (Lipinski definition) is 2. The predicted molar refractivity (Wildman–Crippen MR) is 67.9 cm³/mol. The summed E-state index contributed by atoms with van der Waals surface area (Å²) in [4.78, 5) is 10.8. The molecule has 0 fully saturated rings. The average Bonchev–Trinajstić information content (AvgIpc) is 2.54. The second-order valence-corrected chi connectivity index (χ2v) is 3.38. The molecule has 0 aliphatic carbocycles. The maximum atomic E-state index is 10.8. The molecule has 21 heavy (non-hydrogen) atoms. The van der Waals surface area contributed by atoms with Gasteiger partial charge in [-0.2, -0.15) is 0 Å². The molecule has 0 aromatic heterocycles. The fraction of sp³-hybridized carbons (Fsp3) is 0.333. The van der Waals surface area contributed by atoms with E-state index >= 15 is 0 Å². The summed E-state index contributed by atoms with van der Waals surface area (Å²) in [5, 5.41) is 0. The summed E-state index contributed by atoms with van der Waals surface area (Å²) in [5.74, 6) is 0.211. The van der Waals surface area contributed by atoms with Gasteiger partial charge in [-0.1, -0.05) is 30.3 Å². The van der Waals surface area contributed by atoms with Crippen LogP contribution < -0.4 is 0 Å². The van der Waals surface area contributed by atoms with Crippen LogP contribution in [0.1, 0.15) is 31.4 Å². The van der Waals surface area contributed by atoms with Gasteiger partial charge >= 0.3 is 33.9 Å². The van der Waals surface area contributed by atoms with E-state index in [1.165, 1.54) is 0 Å². The van der Waals surface area contributed by atoms with Gasteiger partial charge in [0.15, 0.2) is 0 Å². The molecule has 1 atom stereocenters. The molecule has 112 valence electrons. The molecule has 0 aliphatic heterocycles. The molecule has 0 amide bonds. The normalized spacial score (nSPS) is 8.57. The zero-order chi connectivity index (χ0) is 16.4. The van der Waals surface area contributed by atoms with Crippen LogP contribution in [0.2, 0.25) is 0 Å². The molecule has 0 aliphatic rings. The van der Waals surface area contributed by atoms with E-state index in [1.54, 1.807) is 14.0 Å². The van der Waals surface area contributed by atoms with Gasteiger partial charge in [-0.3, -0.25) is 0 Å². The Kier molecular flexibility index (Phi) is 31.4. The predicted octanol–water partition coefficient (Wildman–Crippen LogP) is 2.63. The van der Waals surface area contributed by atoms with E-state index < -0.39 is 0 Å². The SMILES string of the molecule is CO[C@H](CCC(C)=O)c1ccccc1.[C-]#[O+].[C-]#[O+].[C-]#[O+].[Cr]. The van der Waals surface area contributed by atoms with Gasteiger partial charge in [-0.15, -0.1) is 0 Å². The van der Waals surface area contributed by atoms with Crippen molar-refractivity contribution in [2.24, 2.45) is 0 Å². The van der Waals surface area contributed by atoms with Gasteiger partial charge < -0.3 is 9.53 Å². The molecule has 0 bridgehead atoms. The first kappa shape index (κ1) is 27.9. The number of methoxy groups -OCH3 is 1. The molecular formula is C15H16CrO5. The first-order valence-corrected chi connectivity index (χ1v) is 5.42. The number of benzene rings is 1. The van der Waals surface area contributed by atoms with Gasteiger partial charge in [-0.05, 0) is 18.9 Å². The summed E-state index contributed by atoms with van der Waals surface area (Å²) < 4.78 is 27.8. The third kappa shape index (κ3) is 16.5. The number of Topliss-reactive ketones (excluding diaryl/α,β-unsaturated/α-hetero) is 1. The molecule has 0 spiro atoms. The van der Waals surface area contributed by atoms with E-state index in [9.17, 15) is 4.79 Å². The van der Waals surface area contributed by atoms with Crippen LogP contribution in [0.25, 0.3) is 0 Å². The Morgan fingerprint density at radius 2 is 1.52 bits per heavy atom. The van der Waals surface area contributed by atoms with E-state index in [4.69, 9.17) is 18.7 Å². The summed E-state index contributed by atoms with van der Waals surface area (Å²) in [7, 11) is 1.68. The van der Waals surface area contributed by atoms with Gasteiger partial charge in [0.1, 0.15) is 5.78 Å². The van der Waals surface area contributed by atoms with E-state index in [2.05, 4.69) is 20.0 Å². The summed E-state index contributed by atoms with van der Waals surface area (Å²) in [6, 6.07) is 9.98. The van der Waals surface area contributed by atoms with E-state index in [-0.39, 0.29) is 29.2 Å². The minimum Gasteiger partial charge on any atom is 0 e. The van der Waals surface area contributed by atoms with Gasteiger partial charge in [0.05, 0.1) is 6.10 Å². The Morgan fingerprint density at radius 1 is 1.10 bits per heavy atom. The maximum absolute atomic E-state index is 10.8. The smallest absolute Gasteiger partial charge is 0 e. The van der Waals surface area contributed by atoms with Crippen LogP contribution in [0.3, 0.4) is 0 Å². The molecule has 0 saturated heterocycles. The minimum atomic E-state index is 0. The molecule has 1 aromatic rings. The maximum Gasteiger partial charge on any atom is 0 e. The fourth-order valence-electron chi connectivity index (χ4n) is 1.42. The van der Waals surface area contributed by atoms with Crippen molar-refractivity contribution in [1.82, 2.24) is 0 Å². The van der Waals surface area contributed by atoms with Crippen LogP contribution in [0.15, 0.2) is 30.3 Å². The van der Waals surface area contributed by atoms with E-state index in [0.717, 1.165) is 12.0 Å². The summed E-state index contributed by atoms with van der Waals surface area (Å²) >= 11 is 0. The first-order valence-electron chi connectivity index (χ1n) is 5.42. The van der Waals surface area contributed by atoms with Crippen molar-refractivity contribution < 1.29 is 40.8 Å². The quantitative estimate of drug-likeness (QED) is 0.614. The van der Waals surface area contributed by atoms with Gasteiger partial charge in [0.2, 0.25) is 0 Å². The van der Waals surface area contributed by atoms with Crippen LogP contribution in [-0.4, -0.2) is 12.9 Å². The number of hydrogen-bond donors (Lipinski definition) is 0. The van der Waals surface area contributed by atoms with Crippen molar-refractivity contribution in [3.8, 4) is 0 Å². The second kappa shape index (κ2) is 23.7. The molecule has 0 unspecified atom stereocenters. The van der Waals surface area contributed by atoms with Crippen LogP contribution in [0.5, 0.6) is 0 Å². The fourth-order valence-corrected chi connectivity index (χ4v) is 1.42. The number of ether oxygens (including phenoxy) is 1. The molecule has 0 heterocycles. The first-order chi connectivity index (χ1) is 9.74. The minimum absolute atomic E-state index is 0. The largest absolute Gasteiger partial charge is 0 e. The topological polar surface area (TPSA) is 86.0 Å². The number of rotatable bonds is 5. The van der Waals surface area contributed by atoms with Crippen molar-refractivity contribution >= 4 is 5.78 Å². The number of carbonyl (C=O) groups excluding carboxylic acids is 1. The third-order valence-corrected chi connectivity index (χ3v) is 2.21. The summed E-state index contributed by atoms with van der Waals surface area (Å²) in [6.07, 6.45) is 1.38. The third-order valence-electron chi connectivity index (χ3n) is 2.21. The molecule has 5 nitrogen and oxygen atoms in total. The zero-order valence-corrected chi connectivity index (χ0v) is 13.1. The Hall–Kier alpha value is -1.40. The van der Waals surface area contributed by atoms with E-state index in [0.29, 0.717) is 6.42 Å². The molecular weight excluding hydrogens is 312 g/mol. The van der Waals surface area contributed by atoms with Crippen LogP contribution in [0, 0.1) is 20.0 Å². The Bertz CT molecular complexity index is 383. The number of ketones is 1. The molecule has 0 radical (unpaired) electrons. The van der Waals surface area contributed by atoms with Crippen molar-refractivity contribution in [3.63, 3.8) is 0 Å². The van der Waals surface area contributed by atoms with Gasteiger partial charge in [-0.25, -0.2) is 0 Å². The van der Waals surface area contributed by atoms with Crippen LogP contribution in [0.4, 0.5) is 0 Å². The van der Waals surface area contributed by atoms with Gasteiger partial charge in [0.25, 0.3) is 0 Å². The average molecular weight is 328 g/mol. The Morgan fingerprint density at radius 3 is 1.86 bits per heavy atom.